The molecule has 0 bridgehead atoms. The fourth-order valence-electron chi connectivity index (χ4n) is 1.60. The molecule has 1 rings (SSSR count). The monoisotopic (exact) mass is 254 g/mol. The van der Waals surface area contributed by atoms with Crippen LogP contribution in [0.4, 0.5) is 0 Å². The van der Waals surface area contributed by atoms with E-state index in [0.29, 0.717) is 0 Å². The molecule has 5 nitrogen and oxygen atoms in total. The smallest absolute Gasteiger partial charge is 0.303 e. The topological polar surface area (TPSA) is 54.0 Å². The highest BCUT2D eigenvalue weighted by molar-refractivity contribution is 5.66. The summed E-state index contributed by atoms with van der Waals surface area (Å²) in [5, 5.41) is 0. The van der Waals surface area contributed by atoms with Gasteiger partial charge >= 0.3 is 5.97 Å². The number of methoxy groups -OCH3 is 3. The van der Waals surface area contributed by atoms with Crippen molar-refractivity contribution in [2.75, 3.05) is 21.3 Å². The molecule has 18 heavy (non-hydrogen) atoms. The Balaban J connectivity index is 2.96. The van der Waals surface area contributed by atoms with E-state index in [9.17, 15) is 4.79 Å². The van der Waals surface area contributed by atoms with Gasteiger partial charge < -0.3 is 18.9 Å². The van der Waals surface area contributed by atoms with E-state index in [2.05, 4.69) is 0 Å². The molecule has 100 valence electrons. The normalized spacial score (nSPS) is 12.3. The van der Waals surface area contributed by atoms with Crippen LogP contribution in [0.5, 0.6) is 5.75 Å². The Kier molecular flexibility index (Phi) is 5.61. The Morgan fingerprint density at radius 3 is 2.00 bits per heavy atom. The molecule has 0 heterocycles. The Bertz CT molecular complexity index is 369. The molecule has 1 aromatic carbocycles. The van der Waals surface area contributed by atoms with Crippen LogP contribution >= 0.6 is 0 Å². The van der Waals surface area contributed by atoms with Crippen molar-refractivity contribution in [2.24, 2.45) is 0 Å². The lowest BCUT2D eigenvalue weighted by molar-refractivity contribution is -0.192. The number of hydrogen-bond donors (Lipinski definition) is 0. The Morgan fingerprint density at radius 1 is 1.06 bits per heavy atom. The van der Waals surface area contributed by atoms with Crippen LogP contribution in [-0.2, 0) is 19.0 Å². The lowest BCUT2D eigenvalue weighted by atomic mass is 10.1. The number of ether oxygens (including phenoxy) is 4. The van der Waals surface area contributed by atoms with Crippen molar-refractivity contribution >= 4 is 5.97 Å². The van der Waals surface area contributed by atoms with Gasteiger partial charge in [-0.2, -0.15) is 0 Å². The largest absolute Gasteiger partial charge is 0.497 e. The fourth-order valence-corrected chi connectivity index (χ4v) is 1.60. The van der Waals surface area contributed by atoms with Gasteiger partial charge in [0.1, 0.15) is 5.75 Å². The van der Waals surface area contributed by atoms with Crippen LogP contribution < -0.4 is 4.74 Å². The molecule has 1 aromatic rings. The van der Waals surface area contributed by atoms with Crippen LogP contribution in [-0.4, -0.2) is 33.6 Å². The molecule has 0 saturated carbocycles. The minimum absolute atomic E-state index is 0.394. The Hall–Kier alpha value is -1.59. The number of hydrogen-bond acceptors (Lipinski definition) is 5. The summed E-state index contributed by atoms with van der Waals surface area (Å²) >= 11 is 0. The summed E-state index contributed by atoms with van der Waals surface area (Å²) in [5.74, 6) is 0.335. The zero-order valence-corrected chi connectivity index (χ0v) is 11.0. The molecule has 0 radical (unpaired) electrons. The third kappa shape index (κ3) is 3.72. The lowest BCUT2D eigenvalue weighted by Crippen LogP contribution is -2.26. The molecule has 1 atom stereocenters. The third-order valence-electron chi connectivity index (χ3n) is 2.45. The zero-order chi connectivity index (χ0) is 13.5. The number of carbonyl (C=O) groups excluding carboxylic acids is 1. The zero-order valence-electron chi connectivity index (χ0n) is 11.0. The molecule has 0 aliphatic carbocycles. The van der Waals surface area contributed by atoms with Crippen molar-refractivity contribution < 1.29 is 23.7 Å². The van der Waals surface area contributed by atoms with E-state index in [1.54, 1.807) is 31.4 Å². The van der Waals surface area contributed by atoms with Crippen LogP contribution in [0, 0.1) is 0 Å². The molecule has 1 unspecified atom stereocenters. The molecule has 0 aliphatic heterocycles. The molecule has 5 heteroatoms. The van der Waals surface area contributed by atoms with Gasteiger partial charge in [-0.15, -0.1) is 0 Å². The van der Waals surface area contributed by atoms with Gasteiger partial charge in [-0.05, 0) is 17.7 Å². The van der Waals surface area contributed by atoms with Crippen molar-refractivity contribution in [3.8, 4) is 5.75 Å². The summed E-state index contributed by atoms with van der Waals surface area (Å²) in [4.78, 5) is 11.1. The number of rotatable bonds is 6. The number of benzene rings is 1. The van der Waals surface area contributed by atoms with Gasteiger partial charge in [0.15, 0.2) is 12.4 Å². The number of esters is 1. The van der Waals surface area contributed by atoms with Gasteiger partial charge in [0.2, 0.25) is 0 Å². The lowest BCUT2D eigenvalue weighted by Gasteiger charge is -2.24. The van der Waals surface area contributed by atoms with Gasteiger partial charge in [-0.25, -0.2) is 0 Å². The Morgan fingerprint density at radius 2 is 1.61 bits per heavy atom. The highest BCUT2D eigenvalue weighted by atomic mass is 16.7. The standard InChI is InChI=1S/C13H18O5/c1-9(14)18-12(13(16-3)17-4)10-5-7-11(15-2)8-6-10/h5-8,12-13H,1-4H3. The maximum absolute atomic E-state index is 11.1. The molecule has 0 fully saturated rings. The molecule has 0 saturated heterocycles. The molecular weight excluding hydrogens is 236 g/mol. The maximum Gasteiger partial charge on any atom is 0.303 e. The van der Waals surface area contributed by atoms with Crippen molar-refractivity contribution in [2.45, 2.75) is 19.3 Å². The number of carbonyl (C=O) groups is 1. The van der Waals surface area contributed by atoms with Crippen LogP contribution in [0.15, 0.2) is 24.3 Å². The predicted octanol–water partition coefficient (Wildman–Crippen LogP) is 1.92. The first-order valence-corrected chi connectivity index (χ1v) is 5.49. The van der Waals surface area contributed by atoms with E-state index in [1.165, 1.54) is 21.1 Å². The summed E-state index contributed by atoms with van der Waals surface area (Å²) < 4.78 is 20.6. The summed E-state index contributed by atoms with van der Waals surface area (Å²) in [6.45, 7) is 1.35. The first-order valence-electron chi connectivity index (χ1n) is 5.49. The summed E-state index contributed by atoms with van der Waals surface area (Å²) in [5.41, 5.74) is 0.778. The first kappa shape index (κ1) is 14.5. The maximum atomic E-state index is 11.1. The van der Waals surface area contributed by atoms with Gasteiger partial charge in [-0.1, -0.05) is 12.1 Å². The minimum Gasteiger partial charge on any atom is -0.497 e. The van der Waals surface area contributed by atoms with Crippen molar-refractivity contribution in [3.05, 3.63) is 29.8 Å². The van der Waals surface area contributed by atoms with Gasteiger partial charge in [0.25, 0.3) is 0 Å². The molecule has 0 aliphatic rings. The molecule has 0 N–H and O–H groups in total. The van der Waals surface area contributed by atoms with E-state index in [4.69, 9.17) is 18.9 Å². The van der Waals surface area contributed by atoms with E-state index < -0.39 is 18.4 Å². The van der Waals surface area contributed by atoms with Gasteiger partial charge in [0.05, 0.1) is 7.11 Å². The van der Waals surface area contributed by atoms with E-state index in [0.717, 1.165) is 11.3 Å². The van der Waals surface area contributed by atoms with Crippen LogP contribution in [0.2, 0.25) is 0 Å². The van der Waals surface area contributed by atoms with Crippen LogP contribution in [0.3, 0.4) is 0 Å². The second kappa shape index (κ2) is 6.98. The van der Waals surface area contributed by atoms with E-state index in [-0.39, 0.29) is 0 Å². The highest BCUT2D eigenvalue weighted by Crippen LogP contribution is 2.25. The SMILES string of the molecule is COc1ccc(C(OC(C)=O)C(OC)OC)cc1. The van der Waals surface area contributed by atoms with E-state index in [1.807, 2.05) is 0 Å². The average molecular weight is 254 g/mol. The predicted molar refractivity (Wildman–Crippen MR) is 65.3 cm³/mol. The molecular formula is C13H18O5. The third-order valence-corrected chi connectivity index (χ3v) is 2.45. The fraction of sp³-hybridized carbons (Fsp3) is 0.462. The second-order valence-electron chi connectivity index (χ2n) is 3.64. The molecule has 0 aromatic heterocycles. The molecule has 0 spiro atoms. The van der Waals surface area contributed by atoms with Crippen molar-refractivity contribution in [1.29, 1.82) is 0 Å². The minimum atomic E-state index is -0.651. The van der Waals surface area contributed by atoms with Crippen molar-refractivity contribution in [1.82, 2.24) is 0 Å². The highest BCUT2D eigenvalue weighted by Gasteiger charge is 2.25. The van der Waals surface area contributed by atoms with E-state index >= 15 is 0 Å². The summed E-state index contributed by atoms with van der Waals surface area (Å²) in [6.07, 6.45) is -1.26. The average Bonchev–Trinajstić information content (AvgIpc) is 2.38. The summed E-state index contributed by atoms with van der Waals surface area (Å²) in [6, 6.07) is 7.18. The second-order valence-corrected chi connectivity index (χ2v) is 3.64. The van der Waals surface area contributed by atoms with Gasteiger partial charge in [0, 0.05) is 21.1 Å². The quantitative estimate of drug-likeness (QED) is 0.573. The Labute approximate surface area is 107 Å². The first-order chi connectivity index (χ1) is 8.62. The molecule has 0 amide bonds. The van der Waals surface area contributed by atoms with Crippen molar-refractivity contribution in [3.63, 3.8) is 0 Å². The summed E-state index contributed by atoms with van der Waals surface area (Å²) in [7, 11) is 4.58. The van der Waals surface area contributed by atoms with Gasteiger partial charge in [-0.3, -0.25) is 4.79 Å². The van der Waals surface area contributed by atoms with Crippen LogP contribution in [0.25, 0.3) is 0 Å². The van der Waals surface area contributed by atoms with Crippen LogP contribution in [0.1, 0.15) is 18.6 Å².